The second-order valence-corrected chi connectivity index (χ2v) is 11.5. The molecule has 2 aliphatic rings. The van der Waals surface area contributed by atoms with Gasteiger partial charge in [0, 0.05) is 52.3 Å². The van der Waals surface area contributed by atoms with Crippen molar-refractivity contribution in [2.75, 3.05) is 19.5 Å². The lowest BCUT2D eigenvalue weighted by Gasteiger charge is -2.37. The monoisotopic (exact) mass is 522 g/mol. The summed E-state index contributed by atoms with van der Waals surface area (Å²) >= 11 is 1.52. The molecular formula is C29H38N4O3S. The van der Waals surface area contributed by atoms with Gasteiger partial charge < -0.3 is 24.9 Å². The molecule has 1 aliphatic carbocycles. The van der Waals surface area contributed by atoms with Crippen LogP contribution in [0, 0.1) is 12.8 Å². The van der Waals surface area contributed by atoms with E-state index in [0.29, 0.717) is 35.2 Å². The van der Waals surface area contributed by atoms with Crippen molar-refractivity contribution < 1.29 is 9.53 Å². The lowest BCUT2D eigenvalue weighted by molar-refractivity contribution is -0.0128. The van der Waals surface area contributed by atoms with Gasteiger partial charge in [-0.25, -0.2) is 0 Å². The molecule has 0 spiro atoms. The second kappa shape index (κ2) is 11.1. The second-order valence-electron chi connectivity index (χ2n) is 10.7. The Kier molecular flexibility index (Phi) is 7.79. The van der Waals surface area contributed by atoms with Gasteiger partial charge in [0.05, 0.1) is 19.3 Å². The van der Waals surface area contributed by atoms with Crippen LogP contribution in [0.25, 0.3) is 10.8 Å². The summed E-state index contributed by atoms with van der Waals surface area (Å²) in [4.78, 5) is 29.9. The van der Waals surface area contributed by atoms with E-state index < -0.39 is 0 Å². The van der Waals surface area contributed by atoms with E-state index in [-0.39, 0.29) is 18.0 Å². The van der Waals surface area contributed by atoms with Crippen LogP contribution in [-0.4, -0.2) is 47.0 Å². The third-order valence-electron chi connectivity index (χ3n) is 8.27. The summed E-state index contributed by atoms with van der Waals surface area (Å²) in [5.41, 5.74) is 3.15. The number of H-pyrrole nitrogens is 1. The highest BCUT2D eigenvalue weighted by atomic mass is 32.2. The molecule has 0 unspecified atom stereocenters. The number of carbonyl (C=O) groups is 1. The lowest BCUT2D eigenvalue weighted by Crippen LogP contribution is -2.51. The molecule has 8 heteroatoms. The number of aromatic nitrogens is 2. The first-order valence-electron chi connectivity index (χ1n) is 13.3. The molecule has 1 atom stereocenters. The van der Waals surface area contributed by atoms with Gasteiger partial charge in [-0.2, -0.15) is 0 Å². The van der Waals surface area contributed by atoms with Crippen molar-refractivity contribution in [1.29, 1.82) is 0 Å². The van der Waals surface area contributed by atoms with Crippen LogP contribution < -0.4 is 16.2 Å². The van der Waals surface area contributed by atoms with Crippen LogP contribution in [-0.2, 0) is 18.3 Å². The Labute approximate surface area is 222 Å². The minimum absolute atomic E-state index is 0.148. The zero-order valence-corrected chi connectivity index (χ0v) is 23.0. The van der Waals surface area contributed by atoms with E-state index in [9.17, 15) is 9.59 Å². The van der Waals surface area contributed by atoms with Crippen molar-refractivity contribution >= 4 is 28.4 Å². The topological polar surface area (TPSA) is 88.2 Å². The number of amides is 1. The van der Waals surface area contributed by atoms with E-state index in [0.717, 1.165) is 34.6 Å². The standard InChI is InChI=1S/C29H38N4O3S/c1-17-13-25(37-4)24(28(34)31-17)14-30-29(35)27-23-8-6-5-7-22(23)26(33(27)3)18(2)19-9-11-20(12-10-19)32-21-15-36-16-21/h5-8,13,18-21,32H,9-12,14-16H2,1-4H3,(H,30,35)(H,31,34)/t18-,19-,20-/m1/s1. The van der Waals surface area contributed by atoms with Gasteiger partial charge >= 0.3 is 0 Å². The summed E-state index contributed by atoms with van der Waals surface area (Å²) in [6, 6.07) is 11.3. The van der Waals surface area contributed by atoms with E-state index >= 15 is 0 Å². The molecule has 37 heavy (non-hydrogen) atoms. The van der Waals surface area contributed by atoms with Crippen LogP contribution in [0.3, 0.4) is 0 Å². The Hall–Kier alpha value is -2.55. The number of benzene rings is 1. The number of rotatable bonds is 8. The fraction of sp³-hybridized carbons (Fsp3) is 0.517. The molecule has 1 aromatic carbocycles. The molecule has 3 heterocycles. The third-order valence-corrected chi connectivity index (χ3v) is 9.07. The van der Waals surface area contributed by atoms with Crippen LogP contribution in [0.15, 0.2) is 40.0 Å². The van der Waals surface area contributed by atoms with Gasteiger partial charge in [0.25, 0.3) is 11.5 Å². The molecule has 1 saturated carbocycles. The Morgan fingerprint density at radius 1 is 1.16 bits per heavy atom. The van der Waals surface area contributed by atoms with Gasteiger partial charge in [-0.15, -0.1) is 11.8 Å². The first-order valence-corrected chi connectivity index (χ1v) is 14.6. The number of ether oxygens (including phenoxy) is 1. The van der Waals surface area contributed by atoms with Crippen molar-refractivity contribution in [2.45, 2.75) is 69.0 Å². The fourth-order valence-corrected chi connectivity index (χ4v) is 6.89. The molecule has 7 nitrogen and oxygen atoms in total. The summed E-state index contributed by atoms with van der Waals surface area (Å²) in [6.45, 7) is 6.06. The van der Waals surface area contributed by atoms with E-state index in [4.69, 9.17) is 4.74 Å². The Bertz CT molecular complexity index is 1330. The summed E-state index contributed by atoms with van der Waals surface area (Å²) in [6.07, 6.45) is 6.68. The first-order chi connectivity index (χ1) is 17.9. The predicted molar refractivity (Wildman–Crippen MR) is 150 cm³/mol. The van der Waals surface area contributed by atoms with Crippen molar-refractivity contribution in [3.05, 3.63) is 63.3 Å². The van der Waals surface area contributed by atoms with E-state index in [1.54, 1.807) is 0 Å². The lowest BCUT2D eigenvalue weighted by atomic mass is 9.77. The van der Waals surface area contributed by atoms with Crippen LogP contribution in [0.1, 0.15) is 66.0 Å². The number of hydrogen-bond donors (Lipinski definition) is 3. The highest BCUT2D eigenvalue weighted by molar-refractivity contribution is 7.98. The third kappa shape index (κ3) is 5.24. The molecule has 198 valence electrons. The number of thioether (sulfide) groups is 1. The van der Waals surface area contributed by atoms with Crippen LogP contribution in [0.2, 0.25) is 0 Å². The zero-order valence-electron chi connectivity index (χ0n) is 22.2. The predicted octanol–water partition coefficient (Wildman–Crippen LogP) is 4.48. The maximum Gasteiger partial charge on any atom is 0.268 e. The average Bonchev–Trinajstić information content (AvgIpc) is 3.16. The van der Waals surface area contributed by atoms with Gasteiger partial charge in [0.2, 0.25) is 0 Å². The number of aryl methyl sites for hydroxylation is 1. The maximum absolute atomic E-state index is 13.6. The van der Waals surface area contributed by atoms with Crippen molar-refractivity contribution in [3.63, 3.8) is 0 Å². The molecule has 1 saturated heterocycles. The number of carbonyl (C=O) groups excluding carboxylic acids is 1. The largest absolute Gasteiger partial charge is 0.378 e. The van der Waals surface area contributed by atoms with Gasteiger partial charge in [-0.3, -0.25) is 9.59 Å². The van der Waals surface area contributed by atoms with Gasteiger partial charge in [-0.1, -0.05) is 31.2 Å². The SMILES string of the molecule is CSc1cc(C)[nH]c(=O)c1CNC(=O)c1c2ccccc2c([C@H](C)[C@H]2CC[C@H](NC3COC3)CC2)n1C. The summed E-state index contributed by atoms with van der Waals surface area (Å²) < 4.78 is 7.41. The fourth-order valence-electron chi connectivity index (χ4n) is 6.18. The number of aromatic amines is 1. The van der Waals surface area contributed by atoms with Gasteiger partial charge in [-0.05, 0) is 56.8 Å². The Morgan fingerprint density at radius 3 is 2.51 bits per heavy atom. The summed E-state index contributed by atoms with van der Waals surface area (Å²) in [7, 11) is 2.01. The van der Waals surface area contributed by atoms with Crippen molar-refractivity contribution in [2.24, 2.45) is 13.0 Å². The number of fused-ring (bicyclic) bond motifs is 1. The highest BCUT2D eigenvalue weighted by Gasteiger charge is 2.32. The van der Waals surface area contributed by atoms with Gasteiger partial charge in [0.1, 0.15) is 5.69 Å². The maximum atomic E-state index is 13.6. The Morgan fingerprint density at radius 2 is 1.86 bits per heavy atom. The average molecular weight is 523 g/mol. The van der Waals surface area contributed by atoms with Crippen LogP contribution >= 0.6 is 11.8 Å². The molecular weight excluding hydrogens is 484 g/mol. The molecule has 3 aromatic rings. The summed E-state index contributed by atoms with van der Waals surface area (Å²) in [5, 5.41) is 8.90. The van der Waals surface area contributed by atoms with Crippen molar-refractivity contribution in [1.82, 2.24) is 20.2 Å². The molecule has 2 fully saturated rings. The molecule has 0 bridgehead atoms. The molecule has 3 N–H and O–H groups in total. The van der Waals surface area contributed by atoms with E-state index in [1.165, 1.54) is 43.1 Å². The van der Waals surface area contributed by atoms with Crippen LogP contribution in [0.5, 0.6) is 0 Å². The first kappa shape index (κ1) is 26.1. The Balaban J connectivity index is 1.36. The highest BCUT2D eigenvalue weighted by Crippen LogP contribution is 2.40. The smallest absolute Gasteiger partial charge is 0.268 e. The molecule has 0 radical (unpaired) electrons. The molecule has 1 aliphatic heterocycles. The van der Waals surface area contributed by atoms with E-state index in [1.807, 2.05) is 38.4 Å². The quantitative estimate of drug-likeness (QED) is 0.380. The van der Waals surface area contributed by atoms with Crippen LogP contribution in [0.4, 0.5) is 0 Å². The number of nitrogens with zero attached hydrogens (tertiary/aromatic N) is 1. The molecule has 2 aromatic heterocycles. The number of nitrogens with one attached hydrogen (secondary N) is 3. The summed E-state index contributed by atoms with van der Waals surface area (Å²) in [5.74, 6) is 0.770. The molecule has 1 amide bonds. The number of hydrogen-bond acceptors (Lipinski definition) is 5. The normalized spacial score (nSPS) is 21.1. The van der Waals surface area contributed by atoms with Crippen molar-refractivity contribution in [3.8, 4) is 0 Å². The zero-order chi connectivity index (χ0) is 26.1. The minimum Gasteiger partial charge on any atom is -0.378 e. The minimum atomic E-state index is -0.153. The molecule has 5 rings (SSSR count). The van der Waals surface area contributed by atoms with Gasteiger partial charge in [0.15, 0.2) is 0 Å². The number of pyridine rings is 1. The van der Waals surface area contributed by atoms with E-state index in [2.05, 4.69) is 39.2 Å².